The van der Waals surface area contributed by atoms with Crippen molar-refractivity contribution in [3.8, 4) is 0 Å². The number of rotatable bonds is 16. The molecule has 1 aromatic carbocycles. The van der Waals surface area contributed by atoms with E-state index in [0.29, 0.717) is 18.9 Å². The molecule has 0 aliphatic heterocycles. The normalized spacial score (nSPS) is 10.8. The van der Waals surface area contributed by atoms with Crippen molar-refractivity contribution in [1.29, 1.82) is 0 Å². The number of aliphatic carboxylic acids is 1. The minimum absolute atomic E-state index is 0.0517. The second-order valence-electron chi connectivity index (χ2n) is 7.55. The summed E-state index contributed by atoms with van der Waals surface area (Å²) in [5, 5.41) is 23.2. The molecular formula is C22H33N5O3. The van der Waals surface area contributed by atoms with Crippen molar-refractivity contribution in [2.24, 2.45) is 0 Å². The lowest BCUT2D eigenvalue weighted by Crippen LogP contribution is -2.27. The summed E-state index contributed by atoms with van der Waals surface area (Å²) in [7, 11) is 0. The number of tetrazole rings is 1. The van der Waals surface area contributed by atoms with Gasteiger partial charge in [-0.05, 0) is 35.3 Å². The number of benzene rings is 1. The average molecular weight is 416 g/mol. The summed E-state index contributed by atoms with van der Waals surface area (Å²) in [5.41, 5.74) is 1.21. The van der Waals surface area contributed by atoms with Gasteiger partial charge in [0.15, 0.2) is 5.82 Å². The van der Waals surface area contributed by atoms with Crippen LogP contribution in [-0.2, 0) is 29.0 Å². The zero-order valence-electron chi connectivity index (χ0n) is 17.6. The predicted molar refractivity (Wildman–Crippen MR) is 114 cm³/mol. The lowest BCUT2D eigenvalue weighted by Gasteiger charge is -2.07. The number of carbonyl (C=O) groups is 2. The van der Waals surface area contributed by atoms with E-state index < -0.39 is 5.97 Å². The number of hydrogen-bond donors (Lipinski definition) is 2. The molecule has 0 bridgehead atoms. The van der Waals surface area contributed by atoms with Gasteiger partial charge in [0, 0.05) is 19.5 Å². The topological polar surface area (TPSA) is 110 Å². The third-order valence-corrected chi connectivity index (χ3v) is 5.02. The van der Waals surface area contributed by atoms with Gasteiger partial charge in [-0.1, -0.05) is 68.9 Å². The summed E-state index contributed by atoms with van der Waals surface area (Å²) in [4.78, 5) is 22.6. The van der Waals surface area contributed by atoms with Gasteiger partial charge in [0.05, 0.1) is 6.42 Å². The zero-order chi connectivity index (χ0) is 21.4. The van der Waals surface area contributed by atoms with E-state index in [9.17, 15) is 9.59 Å². The fourth-order valence-corrected chi connectivity index (χ4v) is 3.30. The van der Waals surface area contributed by atoms with Crippen LogP contribution in [0.1, 0.15) is 69.2 Å². The summed E-state index contributed by atoms with van der Waals surface area (Å²) < 4.78 is 1.70. The third kappa shape index (κ3) is 10.1. The predicted octanol–water partition coefficient (Wildman–Crippen LogP) is 3.17. The Morgan fingerprint density at radius 3 is 2.30 bits per heavy atom. The van der Waals surface area contributed by atoms with Gasteiger partial charge in [-0.3, -0.25) is 9.59 Å². The molecule has 1 aromatic heterocycles. The number of carbonyl (C=O) groups excluding carboxylic acids is 1. The van der Waals surface area contributed by atoms with Crippen LogP contribution >= 0.6 is 0 Å². The molecule has 2 N–H and O–H groups in total. The highest BCUT2D eigenvalue weighted by Gasteiger charge is 2.11. The molecule has 0 unspecified atom stereocenters. The van der Waals surface area contributed by atoms with Crippen LogP contribution in [-0.4, -0.2) is 43.7 Å². The molecule has 0 saturated heterocycles. The molecule has 0 aliphatic carbocycles. The Morgan fingerprint density at radius 2 is 1.60 bits per heavy atom. The molecule has 1 heterocycles. The Kier molecular flexibility index (Phi) is 11.2. The minimum atomic E-state index is -0.708. The number of hydrogen-bond acceptors (Lipinski definition) is 5. The fourth-order valence-electron chi connectivity index (χ4n) is 3.30. The SMILES string of the molecule is O=C(O)CCCCCCCCCCNC(=O)Cc1nnnn1CCc1ccccc1. The molecule has 1 amide bonds. The highest BCUT2D eigenvalue weighted by molar-refractivity contribution is 5.77. The number of nitrogens with zero attached hydrogens (tertiary/aromatic N) is 4. The lowest BCUT2D eigenvalue weighted by molar-refractivity contribution is -0.137. The largest absolute Gasteiger partial charge is 0.481 e. The molecule has 164 valence electrons. The van der Waals surface area contributed by atoms with Crippen molar-refractivity contribution < 1.29 is 14.7 Å². The summed E-state index contributed by atoms with van der Waals surface area (Å²) in [6.07, 6.45) is 9.67. The van der Waals surface area contributed by atoms with Crippen LogP contribution in [0.15, 0.2) is 30.3 Å². The molecule has 0 radical (unpaired) electrons. The smallest absolute Gasteiger partial charge is 0.303 e. The molecule has 0 atom stereocenters. The van der Waals surface area contributed by atoms with Crippen LogP contribution in [0.5, 0.6) is 0 Å². The summed E-state index contributed by atoms with van der Waals surface area (Å²) >= 11 is 0. The quantitative estimate of drug-likeness (QED) is 0.408. The van der Waals surface area contributed by atoms with Crippen molar-refractivity contribution in [1.82, 2.24) is 25.5 Å². The van der Waals surface area contributed by atoms with E-state index in [4.69, 9.17) is 5.11 Å². The summed E-state index contributed by atoms with van der Waals surface area (Å²) in [5.74, 6) is -0.170. The fraction of sp³-hybridized carbons (Fsp3) is 0.591. The Bertz CT molecular complexity index is 748. The van der Waals surface area contributed by atoms with Gasteiger partial charge in [-0.25, -0.2) is 4.68 Å². The van der Waals surface area contributed by atoms with E-state index in [-0.39, 0.29) is 18.7 Å². The maximum absolute atomic E-state index is 12.2. The maximum atomic E-state index is 12.2. The second kappa shape index (κ2) is 14.3. The first-order valence-electron chi connectivity index (χ1n) is 10.9. The van der Waals surface area contributed by atoms with Gasteiger partial charge in [0.25, 0.3) is 0 Å². The van der Waals surface area contributed by atoms with E-state index in [1.165, 1.54) is 5.56 Å². The Balaban J connectivity index is 1.50. The van der Waals surface area contributed by atoms with Gasteiger partial charge in [-0.15, -0.1) is 5.10 Å². The Labute approximate surface area is 178 Å². The van der Waals surface area contributed by atoms with E-state index in [1.807, 2.05) is 18.2 Å². The third-order valence-electron chi connectivity index (χ3n) is 5.02. The molecule has 2 rings (SSSR count). The minimum Gasteiger partial charge on any atom is -0.481 e. The van der Waals surface area contributed by atoms with E-state index in [2.05, 4.69) is 33.0 Å². The standard InChI is InChI=1S/C22H33N5O3/c28-21(23-16-11-6-4-2-1-3-5-10-14-22(29)30)18-20-24-25-26-27(20)17-15-19-12-8-7-9-13-19/h7-9,12-13H,1-6,10-11,14-18H2,(H,23,28)(H,29,30). The number of carboxylic acid groups (broad SMARTS) is 1. The van der Waals surface area contributed by atoms with Gasteiger partial charge >= 0.3 is 5.97 Å². The average Bonchev–Trinajstić information content (AvgIpc) is 3.17. The number of carboxylic acids is 1. The van der Waals surface area contributed by atoms with Crippen LogP contribution in [0.3, 0.4) is 0 Å². The number of unbranched alkanes of at least 4 members (excludes halogenated alkanes) is 7. The van der Waals surface area contributed by atoms with Gasteiger partial charge in [0.1, 0.15) is 0 Å². The van der Waals surface area contributed by atoms with Crippen molar-refractivity contribution >= 4 is 11.9 Å². The van der Waals surface area contributed by atoms with Crippen molar-refractivity contribution in [3.63, 3.8) is 0 Å². The first-order chi connectivity index (χ1) is 14.6. The molecular weight excluding hydrogens is 382 g/mol. The van der Waals surface area contributed by atoms with Crippen molar-refractivity contribution in [2.45, 2.75) is 77.2 Å². The summed E-state index contributed by atoms with van der Waals surface area (Å²) in [6, 6.07) is 10.1. The molecule has 0 fully saturated rings. The van der Waals surface area contributed by atoms with Crippen LogP contribution in [0, 0.1) is 0 Å². The van der Waals surface area contributed by atoms with Crippen LogP contribution in [0.2, 0.25) is 0 Å². The number of aromatic nitrogens is 4. The monoisotopic (exact) mass is 415 g/mol. The molecule has 8 nitrogen and oxygen atoms in total. The van der Waals surface area contributed by atoms with E-state index >= 15 is 0 Å². The number of aryl methyl sites for hydroxylation is 2. The second-order valence-corrected chi connectivity index (χ2v) is 7.55. The molecule has 0 aliphatic rings. The van der Waals surface area contributed by atoms with Crippen molar-refractivity contribution in [3.05, 3.63) is 41.7 Å². The van der Waals surface area contributed by atoms with Crippen LogP contribution in [0.4, 0.5) is 0 Å². The van der Waals surface area contributed by atoms with E-state index in [0.717, 1.165) is 57.8 Å². The van der Waals surface area contributed by atoms with Crippen LogP contribution in [0.25, 0.3) is 0 Å². The van der Waals surface area contributed by atoms with Crippen LogP contribution < -0.4 is 5.32 Å². The van der Waals surface area contributed by atoms with Crippen molar-refractivity contribution in [2.75, 3.05) is 6.54 Å². The Morgan fingerprint density at radius 1 is 0.933 bits per heavy atom. The van der Waals surface area contributed by atoms with Gasteiger partial charge in [-0.2, -0.15) is 0 Å². The molecule has 0 saturated carbocycles. The first-order valence-corrected chi connectivity index (χ1v) is 10.9. The number of nitrogens with one attached hydrogen (secondary N) is 1. The lowest BCUT2D eigenvalue weighted by atomic mass is 10.1. The summed E-state index contributed by atoms with van der Waals surface area (Å²) in [6.45, 7) is 1.32. The zero-order valence-corrected chi connectivity index (χ0v) is 17.6. The molecule has 8 heteroatoms. The molecule has 0 spiro atoms. The van der Waals surface area contributed by atoms with Gasteiger partial charge in [0.2, 0.25) is 5.91 Å². The van der Waals surface area contributed by atoms with Gasteiger partial charge < -0.3 is 10.4 Å². The highest BCUT2D eigenvalue weighted by atomic mass is 16.4. The molecule has 2 aromatic rings. The maximum Gasteiger partial charge on any atom is 0.303 e. The number of amides is 1. The first kappa shape index (κ1) is 23.5. The molecule has 30 heavy (non-hydrogen) atoms. The Hall–Kier alpha value is -2.77. The highest BCUT2D eigenvalue weighted by Crippen LogP contribution is 2.09. The van der Waals surface area contributed by atoms with E-state index in [1.54, 1.807) is 4.68 Å².